The second-order valence-electron chi connectivity index (χ2n) is 1.71. The van der Waals surface area contributed by atoms with Crippen LogP contribution in [0.5, 0.6) is 0 Å². The van der Waals surface area contributed by atoms with Crippen molar-refractivity contribution in [2.24, 2.45) is 0 Å². The topological polar surface area (TPSA) is 66.4 Å². The third kappa shape index (κ3) is 3.65. The van der Waals surface area contributed by atoms with Gasteiger partial charge >= 0.3 is 5.97 Å². The van der Waals surface area contributed by atoms with Gasteiger partial charge in [-0.15, -0.1) is 0 Å². The number of carboxylic acids is 1. The van der Waals surface area contributed by atoms with Crippen LogP contribution in [-0.4, -0.2) is 23.4 Å². The minimum atomic E-state index is -1.01. The van der Waals surface area contributed by atoms with Gasteiger partial charge in [0, 0.05) is 0 Å². The van der Waals surface area contributed by atoms with E-state index in [1.165, 1.54) is 6.20 Å². The average Bonchev–Trinajstić information content (AvgIpc) is 1.86. The van der Waals surface area contributed by atoms with Crippen molar-refractivity contribution in [2.75, 3.05) is 0 Å². The predicted octanol–water partition coefficient (Wildman–Crippen LogP) is -0.238. The molecular formula is C6H9NO3. The van der Waals surface area contributed by atoms with E-state index < -0.39 is 12.0 Å². The zero-order valence-corrected chi connectivity index (χ0v) is 5.41. The summed E-state index contributed by atoms with van der Waals surface area (Å²) in [5, 5.41) is 10.7. The van der Waals surface area contributed by atoms with Crippen LogP contribution < -0.4 is 5.32 Å². The summed E-state index contributed by atoms with van der Waals surface area (Å²) in [6.07, 6.45) is 1.62. The van der Waals surface area contributed by atoms with Crippen molar-refractivity contribution in [3.63, 3.8) is 0 Å². The van der Waals surface area contributed by atoms with E-state index in [0.717, 1.165) is 0 Å². The van der Waals surface area contributed by atoms with E-state index in [1.54, 1.807) is 0 Å². The molecule has 0 rings (SSSR count). The molecule has 0 heterocycles. The molecule has 0 aliphatic carbocycles. The molecule has 56 valence electrons. The second-order valence-corrected chi connectivity index (χ2v) is 1.71. The molecule has 0 unspecified atom stereocenters. The minimum absolute atomic E-state index is 0.213. The van der Waals surface area contributed by atoms with Crippen LogP contribution in [0, 0.1) is 0 Å². The maximum Gasteiger partial charge on any atom is 0.305 e. The van der Waals surface area contributed by atoms with Gasteiger partial charge in [-0.3, -0.25) is 4.79 Å². The van der Waals surface area contributed by atoms with Crippen LogP contribution >= 0.6 is 0 Å². The monoisotopic (exact) mass is 143 g/mol. The smallest absolute Gasteiger partial charge is 0.305 e. The van der Waals surface area contributed by atoms with E-state index in [4.69, 9.17) is 5.11 Å². The molecule has 0 aliphatic heterocycles. The average molecular weight is 143 g/mol. The van der Waals surface area contributed by atoms with Gasteiger partial charge in [-0.25, -0.2) is 0 Å². The Hall–Kier alpha value is -1.32. The lowest BCUT2D eigenvalue weighted by molar-refractivity contribution is -0.138. The highest BCUT2D eigenvalue weighted by Crippen LogP contribution is 1.86. The number of carbonyl (C=O) groups excluding carboxylic acids is 1. The first kappa shape index (κ1) is 8.68. The summed E-state index contributed by atoms with van der Waals surface area (Å²) in [5.41, 5.74) is 0. The molecule has 0 saturated carbocycles. The first-order valence-electron chi connectivity index (χ1n) is 2.74. The van der Waals surface area contributed by atoms with Gasteiger partial charge in [0.2, 0.25) is 0 Å². The molecule has 2 N–H and O–H groups in total. The Morgan fingerprint density at radius 3 is 2.70 bits per heavy atom. The molecule has 0 fully saturated rings. The van der Waals surface area contributed by atoms with Gasteiger partial charge in [0.25, 0.3) is 0 Å². The van der Waals surface area contributed by atoms with Crippen LogP contribution in [0.3, 0.4) is 0 Å². The van der Waals surface area contributed by atoms with Crippen LogP contribution in [0.25, 0.3) is 0 Å². The fraction of sp³-hybridized carbons (Fsp3) is 0.333. The van der Waals surface area contributed by atoms with Gasteiger partial charge < -0.3 is 15.2 Å². The summed E-state index contributed by atoms with van der Waals surface area (Å²) in [6.45, 7) is 3.29. The van der Waals surface area contributed by atoms with E-state index in [9.17, 15) is 9.59 Å². The Kier molecular flexibility index (Phi) is 3.95. The van der Waals surface area contributed by atoms with Gasteiger partial charge in [-0.1, -0.05) is 6.58 Å². The molecule has 0 aromatic carbocycles. The molecule has 0 amide bonds. The molecule has 0 radical (unpaired) electrons. The summed E-state index contributed by atoms with van der Waals surface area (Å²) < 4.78 is 0. The highest BCUT2D eigenvalue weighted by molar-refractivity contribution is 5.73. The van der Waals surface area contributed by atoms with Crippen molar-refractivity contribution < 1.29 is 14.7 Å². The number of hydrogen-bond acceptors (Lipinski definition) is 3. The van der Waals surface area contributed by atoms with E-state index in [1.807, 2.05) is 0 Å². The molecular weight excluding hydrogens is 134 g/mol. The zero-order chi connectivity index (χ0) is 7.98. The summed E-state index contributed by atoms with van der Waals surface area (Å²) in [6, 6.07) is -0.657. The first-order chi connectivity index (χ1) is 4.70. The van der Waals surface area contributed by atoms with Crippen LogP contribution in [0.2, 0.25) is 0 Å². The fourth-order valence-electron chi connectivity index (χ4n) is 0.486. The molecule has 1 atom stereocenters. The largest absolute Gasteiger partial charge is 0.481 e. The third-order valence-electron chi connectivity index (χ3n) is 0.891. The molecule has 0 saturated heterocycles. The molecule has 4 nitrogen and oxygen atoms in total. The summed E-state index contributed by atoms with van der Waals surface area (Å²) in [4.78, 5) is 20.1. The number of carbonyl (C=O) groups is 2. The standard InChI is InChI=1S/C6H9NO3/c1-2-7-5(4-8)3-6(9)10/h2,4-5,7H,1,3H2,(H,9,10)/t5-/m0/s1. The lowest BCUT2D eigenvalue weighted by Gasteiger charge is -2.04. The number of aliphatic carboxylic acids is 1. The minimum Gasteiger partial charge on any atom is -0.481 e. The molecule has 0 aromatic heterocycles. The van der Waals surface area contributed by atoms with Gasteiger partial charge in [-0.05, 0) is 6.20 Å². The van der Waals surface area contributed by atoms with Crippen molar-refractivity contribution in [3.05, 3.63) is 12.8 Å². The lowest BCUT2D eigenvalue weighted by atomic mass is 10.2. The number of carboxylic acid groups (broad SMARTS) is 1. The molecule has 0 bridgehead atoms. The summed E-state index contributed by atoms with van der Waals surface area (Å²) >= 11 is 0. The Balaban J connectivity index is 3.70. The molecule has 0 aromatic rings. The van der Waals surface area contributed by atoms with Crippen LogP contribution in [0.1, 0.15) is 6.42 Å². The van der Waals surface area contributed by atoms with Crippen LogP contribution in [-0.2, 0) is 9.59 Å². The van der Waals surface area contributed by atoms with E-state index in [-0.39, 0.29) is 6.42 Å². The van der Waals surface area contributed by atoms with Crippen LogP contribution in [0.4, 0.5) is 0 Å². The van der Waals surface area contributed by atoms with Gasteiger partial charge in [0.05, 0.1) is 12.5 Å². The van der Waals surface area contributed by atoms with Crippen molar-refractivity contribution in [3.8, 4) is 0 Å². The maximum atomic E-state index is 10.1. The SMILES string of the molecule is C=CN[C@H](C=O)CC(=O)O. The Morgan fingerprint density at radius 2 is 2.40 bits per heavy atom. The van der Waals surface area contributed by atoms with Crippen molar-refractivity contribution >= 4 is 12.3 Å². The van der Waals surface area contributed by atoms with Crippen LogP contribution in [0.15, 0.2) is 12.8 Å². The molecule has 0 spiro atoms. The molecule has 10 heavy (non-hydrogen) atoms. The fourth-order valence-corrected chi connectivity index (χ4v) is 0.486. The lowest BCUT2D eigenvalue weighted by Crippen LogP contribution is -2.28. The Bertz CT molecular complexity index is 144. The molecule has 0 aliphatic rings. The predicted molar refractivity (Wildman–Crippen MR) is 35.4 cm³/mol. The number of nitrogens with one attached hydrogen (secondary N) is 1. The first-order valence-corrected chi connectivity index (χ1v) is 2.74. The number of rotatable bonds is 5. The van der Waals surface area contributed by atoms with E-state index in [0.29, 0.717) is 6.29 Å². The van der Waals surface area contributed by atoms with E-state index >= 15 is 0 Å². The Labute approximate surface area is 58.5 Å². The number of aldehydes is 1. The van der Waals surface area contributed by atoms with E-state index in [2.05, 4.69) is 11.9 Å². The number of hydrogen-bond donors (Lipinski definition) is 2. The highest BCUT2D eigenvalue weighted by atomic mass is 16.4. The van der Waals surface area contributed by atoms with Gasteiger partial charge in [0.1, 0.15) is 6.29 Å². The zero-order valence-electron chi connectivity index (χ0n) is 5.41. The maximum absolute atomic E-state index is 10.1. The normalized spacial score (nSPS) is 11.6. The quantitative estimate of drug-likeness (QED) is 0.521. The van der Waals surface area contributed by atoms with Gasteiger partial charge in [0.15, 0.2) is 0 Å². The highest BCUT2D eigenvalue weighted by Gasteiger charge is 2.08. The summed E-state index contributed by atoms with van der Waals surface area (Å²) in [5.74, 6) is -1.01. The summed E-state index contributed by atoms with van der Waals surface area (Å²) in [7, 11) is 0. The van der Waals surface area contributed by atoms with Crippen molar-refractivity contribution in [1.82, 2.24) is 5.32 Å². The second kappa shape index (κ2) is 4.55. The van der Waals surface area contributed by atoms with Crippen molar-refractivity contribution in [1.29, 1.82) is 0 Å². The molecule has 4 heteroatoms. The third-order valence-corrected chi connectivity index (χ3v) is 0.891. The Morgan fingerprint density at radius 1 is 1.80 bits per heavy atom. The van der Waals surface area contributed by atoms with Gasteiger partial charge in [-0.2, -0.15) is 0 Å². The van der Waals surface area contributed by atoms with Crippen molar-refractivity contribution in [2.45, 2.75) is 12.5 Å².